The zero-order valence-corrected chi connectivity index (χ0v) is 12.6. The number of methoxy groups -OCH3 is 2. The first-order valence-corrected chi connectivity index (χ1v) is 6.79. The monoisotopic (exact) mass is 314 g/mol. The van der Waals surface area contributed by atoms with Gasteiger partial charge in [-0.15, -0.1) is 10.2 Å². The van der Waals surface area contributed by atoms with Gasteiger partial charge in [0.2, 0.25) is 11.6 Å². The number of carbonyl (C=O) groups excluding carboxylic acids is 1. The molecular weight excluding hydrogens is 300 g/mol. The van der Waals surface area contributed by atoms with Gasteiger partial charge in [0, 0.05) is 5.56 Å². The minimum atomic E-state index is -0.528. The number of ether oxygens (including phenoxy) is 2. The molecule has 0 unspecified atom stereocenters. The maximum absolute atomic E-state index is 11.4. The van der Waals surface area contributed by atoms with Gasteiger partial charge in [-0.1, -0.05) is 12.1 Å². The van der Waals surface area contributed by atoms with Gasteiger partial charge in [-0.2, -0.15) is 4.80 Å². The summed E-state index contributed by atoms with van der Waals surface area (Å²) >= 11 is 0. The van der Waals surface area contributed by atoms with Gasteiger partial charge >= 0.3 is 5.97 Å². The number of carbonyl (C=O) groups is 1. The molecule has 0 aliphatic heterocycles. The number of esters is 1. The van der Waals surface area contributed by atoms with Gasteiger partial charge in [-0.05, 0) is 29.5 Å². The Balaban J connectivity index is 1.76. The summed E-state index contributed by atoms with van der Waals surface area (Å²) in [6.45, 7) is 0.258. The van der Waals surface area contributed by atoms with Crippen LogP contribution in [0.2, 0.25) is 0 Å². The molecule has 3 rings (SSSR count). The van der Waals surface area contributed by atoms with Gasteiger partial charge in [-0.25, -0.2) is 4.79 Å². The van der Waals surface area contributed by atoms with E-state index in [4.69, 9.17) is 9.15 Å². The SMILES string of the molecule is COC(=O)c1ccc(Cn2nnc(-c3cccc(OC)c3)n2)o1. The maximum Gasteiger partial charge on any atom is 0.373 e. The normalized spacial score (nSPS) is 10.5. The summed E-state index contributed by atoms with van der Waals surface area (Å²) in [5.74, 6) is 1.33. The first-order chi connectivity index (χ1) is 11.2. The Morgan fingerprint density at radius 1 is 1.26 bits per heavy atom. The predicted molar refractivity (Wildman–Crippen MR) is 79.0 cm³/mol. The molecule has 118 valence electrons. The van der Waals surface area contributed by atoms with Crippen LogP contribution < -0.4 is 4.74 Å². The minimum Gasteiger partial charge on any atom is -0.497 e. The highest BCUT2D eigenvalue weighted by atomic mass is 16.5. The molecule has 0 atom stereocenters. The molecule has 3 aromatic rings. The van der Waals surface area contributed by atoms with E-state index in [1.54, 1.807) is 19.2 Å². The van der Waals surface area contributed by atoms with E-state index in [0.29, 0.717) is 17.3 Å². The standard InChI is InChI=1S/C15H14N4O4/c1-21-11-5-3-4-10(8-11)14-16-18-19(17-14)9-12-6-7-13(23-12)15(20)22-2/h3-8H,9H2,1-2H3. The fraction of sp³-hybridized carbons (Fsp3) is 0.200. The van der Waals surface area contributed by atoms with E-state index in [1.807, 2.05) is 24.3 Å². The molecule has 0 N–H and O–H groups in total. The fourth-order valence-corrected chi connectivity index (χ4v) is 2.00. The van der Waals surface area contributed by atoms with Crippen molar-refractivity contribution in [3.8, 4) is 17.1 Å². The first-order valence-electron chi connectivity index (χ1n) is 6.79. The summed E-state index contributed by atoms with van der Waals surface area (Å²) < 4.78 is 15.1. The third-order valence-electron chi connectivity index (χ3n) is 3.13. The van der Waals surface area contributed by atoms with Crippen LogP contribution >= 0.6 is 0 Å². The van der Waals surface area contributed by atoms with Crippen LogP contribution in [-0.4, -0.2) is 40.4 Å². The average molecular weight is 314 g/mol. The van der Waals surface area contributed by atoms with Gasteiger partial charge in [-0.3, -0.25) is 0 Å². The Bertz CT molecular complexity index is 824. The van der Waals surface area contributed by atoms with E-state index in [2.05, 4.69) is 20.1 Å². The van der Waals surface area contributed by atoms with Gasteiger partial charge in [0.05, 0.1) is 14.2 Å². The van der Waals surface area contributed by atoms with E-state index in [0.717, 1.165) is 5.56 Å². The molecule has 0 aliphatic carbocycles. The van der Waals surface area contributed by atoms with Crippen LogP contribution in [0.4, 0.5) is 0 Å². The summed E-state index contributed by atoms with van der Waals surface area (Å²) in [7, 11) is 2.89. The zero-order valence-electron chi connectivity index (χ0n) is 12.6. The van der Waals surface area contributed by atoms with Crippen molar-refractivity contribution in [1.82, 2.24) is 20.2 Å². The van der Waals surface area contributed by atoms with Crippen molar-refractivity contribution < 1.29 is 18.7 Å². The predicted octanol–water partition coefficient (Wildman–Crippen LogP) is 1.78. The molecule has 0 saturated heterocycles. The van der Waals surface area contributed by atoms with E-state index in [-0.39, 0.29) is 12.3 Å². The minimum absolute atomic E-state index is 0.135. The lowest BCUT2D eigenvalue weighted by molar-refractivity contribution is 0.0562. The molecule has 1 aromatic carbocycles. The Labute approximate surface area is 131 Å². The largest absolute Gasteiger partial charge is 0.497 e. The quantitative estimate of drug-likeness (QED) is 0.663. The molecule has 0 saturated carbocycles. The van der Waals surface area contributed by atoms with E-state index >= 15 is 0 Å². The van der Waals surface area contributed by atoms with Crippen LogP contribution in [0.15, 0.2) is 40.8 Å². The second-order valence-electron chi connectivity index (χ2n) is 4.63. The molecule has 0 bridgehead atoms. The number of hydrogen-bond donors (Lipinski definition) is 0. The fourth-order valence-electron chi connectivity index (χ4n) is 2.00. The third kappa shape index (κ3) is 3.20. The van der Waals surface area contributed by atoms with Crippen molar-refractivity contribution in [3.63, 3.8) is 0 Å². The summed E-state index contributed by atoms with van der Waals surface area (Å²) in [6.07, 6.45) is 0. The van der Waals surface area contributed by atoms with Crippen LogP contribution in [-0.2, 0) is 11.3 Å². The maximum atomic E-state index is 11.4. The van der Waals surface area contributed by atoms with Crippen molar-refractivity contribution in [1.29, 1.82) is 0 Å². The van der Waals surface area contributed by atoms with E-state index in [9.17, 15) is 4.79 Å². The van der Waals surface area contributed by atoms with Crippen LogP contribution in [0, 0.1) is 0 Å². The summed E-state index contributed by atoms with van der Waals surface area (Å²) in [4.78, 5) is 12.7. The molecule has 0 fully saturated rings. The Hall–Kier alpha value is -3.16. The van der Waals surface area contributed by atoms with Crippen molar-refractivity contribution >= 4 is 5.97 Å². The number of tetrazole rings is 1. The zero-order chi connectivity index (χ0) is 16.2. The van der Waals surface area contributed by atoms with Crippen molar-refractivity contribution in [2.75, 3.05) is 14.2 Å². The highest BCUT2D eigenvalue weighted by molar-refractivity contribution is 5.86. The summed E-state index contributed by atoms with van der Waals surface area (Å²) in [5.41, 5.74) is 0.797. The number of hydrogen-bond acceptors (Lipinski definition) is 7. The second kappa shape index (κ2) is 6.30. The van der Waals surface area contributed by atoms with Crippen LogP contribution in [0.3, 0.4) is 0 Å². The smallest absolute Gasteiger partial charge is 0.373 e. The lowest BCUT2D eigenvalue weighted by Gasteiger charge is -2.00. The van der Waals surface area contributed by atoms with Crippen molar-refractivity contribution in [3.05, 3.63) is 47.9 Å². The molecule has 2 heterocycles. The van der Waals surface area contributed by atoms with Crippen LogP contribution in [0.25, 0.3) is 11.4 Å². The number of aromatic nitrogens is 4. The van der Waals surface area contributed by atoms with Gasteiger partial charge < -0.3 is 13.9 Å². The molecule has 23 heavy (non-hydrogen) atoms. The topological polar surface area (TPSA) is 92.3 Å². The number of furan rings is 1. The molecular formula is C15H14N4O4. The molecule has 8 heteroatoms. The van der Waals surface area contributed by atoms with E-state index in [1.165, 1.54) is 11.9 Å². The van der Waals surface area contributed by atoms with Crippen LogP contribution in [0.5, 0.6) is 5.75 Å². The van der Waals surface area contributed by atoms with E-state index < -0.39 is 5.97 Å². The number of rotatable bonds is 5. The third-order valence-corrected chi connectivity index (χ3v) is 3.13. The van der Waals surface area contributed by atoms with Crippen LogP contribution in [0.1, 0.15) is 16.3 Å². The number of nitrogens with zero attached hydrogens (tertiary/aromatic N) is 4. The Morgan fingerprint density at radius 3 is 2.91 bits per heavy atom. The van der Waals surface area contributed by atoms with Crippen molar-refractivity contribution in [2.45, 2.75) is 6.54 Å². The average Bonchev–Trinajstić information content (AvgIpc) is 3.24. The van der Waals surface area contributed by atoms with Crippen molar-refractivity contribution in [2.24, 2.45) is 0 Å². The highest BCUT2D eigenvalue weighted by Crippen LogP contribution is 2.20. The summed E-state index contributed by atoms with van der Waals surface area (Å²) in [6, 6.07) is 10.6. The molecule has 0 aliphatic rings. The lowest BCUT2D eigenvalue weighted by atomic mass is 10.2. The van der Waals surface area contributed by atoms with Gasteiger partial charge in [0.25, 0.3) is 0 Å². The summed E-state index contributed by atoms with van der Waals surface area (Å²) in [5, 5.41) is 12.3. The lowest BCUT2D eigenvalue weighted by Crippen LogP contribution is -2.03. The van der Waals surface area contributed by atoms with Gasteiger partial charge in [0.1, 0.15) is 18.1 Å². The Kier molecular flexibility index (Phi) is 4.05. The molecule has 8 nitrogen and oxygen atoms in total. The number of benzene rings is 1. The highest BCUT2D eigenvalue weighted by Gasteiger charge is 2.13. The molecule has 0 spiro atoms. The first kappa shape index (κ1) is 14.8. The molecule has 2 aromatic heterocycles. The molecule has 0 radical (unpaired) electrons. The molecule has 0 amide bonds. The van der Waals surface area contributed by atoms with Gasteiger partial charge in [0.15, 0.2) is 0 Å². The Morgan fingerprint density at radius 2 is 2.13 bits per heavy atom. The second-order valence-corrected chi connectivity index (χ2v) is 4.63.